The fourth-order valence-corrected chi connectivity index (χ4v) is 2.42. The van der Waals surface area contributed by atoms with E-state index >= 15 is 0 Å². The zero-order valence-corrected chi connectivity index (χ0v) is 9.39. The van der Waals surface area contributed by atoms with Crippen LogP contribution < -0.4 is 0 Å². The van der Waals surface area contributed by atoms with Crippen LogP contribution in [0.2, 0.25) is 0 Å². The first-order chi connectivity index (χ1) is 8.38. The van der Waals surface area contributed by atoms with Gasteiger partial charge in [-0.15, -0.1) is 0 Å². The minimum atomic E-state index is 0.808. The molecule has 0 atom stereocenters. The van der Waals surface area contributed by atoms with Gasteiger partial charge in [-0.25, -0.2) is 0 Å². The molecular formula is C16H12O. The number of benzene rings is 2. The molecule has 0 unspecified atom stereocenters. The lowest BCUT2D eigenvalue weighted by Crippen LogP contribution is -1.81. The lowest BCUT2D eigenvalue weighted by Gasteiger charge is -2.01. The number of hydrogen-bond acceptors (Lipinski definition) is 1. The molecule has 0 aliphatic heterocycles. The molecular weight excluding hydrogens is 208 g/mol. The molecule has 0 spiro atoms. The smallest absolute Gasteiger partial charge is 0.142 e. The van der Waals surface area contributed by atoms with Crippen LogP contribution in [-0.4, -0.2) is 6.29 Å². The molecule has 0 aromatic heterocycles. The Balaban J connectivity index is 2.06. The van der Waals surface area contributed by atoms with Gasteiger partial charge in [-0.3, -0.25) is 4.79 Å². The van der Waals surface area contributed by atoms with Gasteiger partial charge in [-0.05, 0) is 40.3 Å². The maximum absolute atomic E-state index is 10.3. The van der Waals surface area contributed by atoms with Crippen LogP contribution in [0.4, 0.5) is 0 Å². The van der Waals surface area contributed by atoms with Crippen molar-refractivity contribution < 1.29 is 4.79 Å². The minimum Gasteiger partial charge on any atom is -0.299 e. The Morgan fingerprint density at radius 2 is 1.76 bits per heavy atom. The van der Waals surface area contributed by atoms with Crippen LogP contribution in [0, 0.1) is 0 Å². The molecule has 3 rings (SSSR count). The van der Waals surface area contributed by atoms with E-state index in [1.807, 2.05) is 6.08 Å². The van der Waals surface area contributed by atoms with E-state index in [-0.39, 0.29) is 0 Å². The maximum Gasteiger partial charge on any atom is 0.142 e. The molecule has 0 bridgehead atoms. The first-order valence-electron chi connectivity index (χ1n) is 5.71. The summed E-state index contributed by atoms with van der Waals surface area (Å²) in [6.07, 6.45) is 5.18. The lowest BCUT2D eigenvalue weighted by atomic mass is 10.0. The van der Waals surface area contributed by atoms with Crippen molar-refractivity contribution in [3.8, 4) is 11.1 Å². The highest BCUT2D eigenvalue weighted by atomic mass is 16.1. The summed E-state index contributed by atoms with van der Waals surface area (Å²) in [5.41, 5.74) is 6.49. The largest absolute Gasteiger partial charge is 0.299 e. The number of rotatable bonds is 2. The number of carbonyl (C=O) groups is 1. The molecule has 82 valence electrons. The van der Waals surface area contributed by atoms with Crippen LogP contribution in [-0.2, 0) is 11.2 Å². The van der Waals surface area contributed by atoms with Crippen molar-refractivity contribution in [2.75, 3.05) is 0 Å². The van der Waals surface area contributed by atoms with Crippen molar-refractivity contribution in [1.29, 1.82) is 0 Å². The Bertz CT molecular complexity index is 609. The SMILES string of the molecule is O=CC=Cc1ccc2c(c1)Cc1ccccc1-2. The highest BCUT2D eigenvalue weighted by Gasteiger charge is 2.17. The predicted molar refractivity (Wildman–Crippen MR) is 69.8 cm³/mol. The van der Waals surface area contributed by atoms with E-state index in [2.05, 4.69) is 42.5 Å². The molecule has 1 aliphatic carbocycles. The summed E-state index contributed by atoms with van der Waals surface area (Å²) in [5.74, 6) is 0. The van der Waals surface area contributed by atoms with Gasteiger partial charge in [-0.1, -0.05) is 48.5 Å². The van der Waals surface area contributed by atoms with Crippen molar-refractivity contribution in [2.45, 2.75) is 6.42 Å². The van der Waals surface area contributed by atoms with E-state index in [0.29, 0.717) is 0 Å². The van der Waals surface area contributed by atoms with E-state index in [1.165, 1.54) is 28.3 Å². The lowest BCUT2D eigenvalue weighted by molar-refractivity contribution is -0.104. The first-order valence-corrected chi connectivity index (χ1v) is 5.71. The molecule has 0 amide bonds. The number of hydrogen-bond donors (Lipinski definition) is 0. The standard InChI is InChI=1S/C16H12O/c17-9-3-4-12-7-8-16-14(10-12)11-13-5-1-2-6-15(13)16/h1-10H,11H2. The zero-order chi connectivity index (χ0) is 11.7. The monoisotopic (exact) mass is 220 g/mol. The van der Waals surface area contributed by atoms with Gasteiger partial charge in [0, 0.05) is 0 Å². The van der Waals surface area contributed by atoms with Gasteiger partial charge in [0.05, 0.1) is 0 Å². The van der Waals surface area contributed by atoms with Gasteiger partial charge >= 0.3 is 0 Å². The Morgan fingerprint density at radius 1 is 0.941 bits per heavy atom. The third kappa shape index (κ3) is 1.70. The normalized spacial score (nSPS) is 12.5. The summed E-state index contributed by atoms with van der Waals surface area (Å²) in [6.45, 7) is 0. The number of allylic oxidation sites excluding steroid dienone is 1. The third-order valence-corrected chi connectivity index (χ3v) is 3.18. The average molecular weight is 220 g/mol. The molecule has 0 N–H and O–H groups in total. The van der Waals surface area contributed by atoms with Crippen LogP contribution in [0.25, 0.3) is 17.2 Å². The van der Waals surface area contributed by atoms with Crippen LogP contribution in [0.15, 0.2) is 48.5 Å². The van der Waals surface area contributed by atoms with Gasteiger partial charge in [0.2, 0.25) is 0 Å². The fourth-order valence-electron chi connectivity index (χ4n) is 2.42. The molecule has 17 heavy (non-hydrogen) atoms. The Hall–Kier alpha value is -2.15. The molecule has 1 aliphatic rings. The summed E-state index contributed by atoms with van der Waals surface area (Å²) < 4.78 is 0. The van der Waals surface area contributed by atoms with Gasteiger partial charge in [0.25, 0.3) is 0 Å². The van der Waals surface area contributed by atoms with Gasteiger partial charge in [0.15, 0.2) is 0 Å². The molecule has 0 saturated heterocycles. The first kappa shape index (κ1) is 10.0. The molecule has 1 heteroatoms. The molecule has 0 saturated carbocycles. The average Bonchev–Trinajstić information content (AvgIpc) is 2.74. The zero-order valence-electron chi connectivity index (χ0n) is 9.39. The quantitative estimate of drug-likeness (QED) is 0.477. The van der Waals surface area contributed by atoms with E-state index in [9.17, 15) is 4.79 Å². The third-order valence-electron chi connectivity index (χ3n) is 3.18. The molecule has 0 heterocycles. The minimum absolute atomic E-state index is 0.808. The van der Waals surface area contributed by atoms with Crippen molar-refractivity contribution in [3.05, 3.63) is 65.2 Å². The molecule has 2 aromatic carbocycles. The van der Waals surface area contributed by atoms with E-state index in [1.54, 1.807) is 0 Å². The summed E-state index contributed by atoms with van der Waals surface area (Å²) >= 11 is 0. The number of carbonyl (C=O) groups excluding carboxylic acids is 1. The van der Waals surface area contributed by atoms with Crippen LogP contribution in [0.5, 0.6) is 0 Å². The maximum atomic E-state index is 10.3. The van der Waals surface area contributed by atoms with Gasteiger partial charge < -0.3 is 0 Å². The van der Waals surface area contributed by atoms with E-state index in [0.717, 1.165) is 18.3 Å². The summed E-state index contributed by atoms with van der Waals surface area (Å²) in [7, 11) is 0. The molecule has 0 fully saturated rings. The van der Waals surface area contributed by atoms with Crippen molar-refractivity contribution >= 4 is 12.4 Å². The van der Waals surface area contributed by atoms with Crippen LogP contribution in [0.1, 0.15) is 16.7 Å². The Morgan fingerprint density at radius 3 is 2.65 bits per heavy atom. The predicted octanol–water partition coefficient (Wildman–Crippen LogP) is 3.47. The second-order valence-corrected chi connectivity index (χ2v) is 4.25. The Labute approximate surface area is 100 Å². The molecule has 0 radical (unpaired) electrons. The Kier molecular flexibility index (Phi) is 2.37. The van der Waals surface area contributed by atoms with Gasteiger partial charge in [-0.2, -0.15) is 0 Å². The van der Waals surface area contributed by atoms with Crippen LogP contribution >= 0.6 is 0 Å². The highest BCUT2D eigenvalue weighted by Crippen LogP contribution is 2.36. The van der Waals surface area contributed by atoms with Crippen molar-refractivity contribution in [1.82, 2.24) is 0 Å². The summed E-state index contributed by atoms with van der Waals surface area (Å²) in [6, 6.07) is 14.9. The topological polar surface area (TPSA) is 17.1 Å². The second kappa shape index (κ2) is 4.02. The fraction of sp³-hybridized carbons (Fsp3) is 0.0625. The van der Waals surface area contributed by atoms with Crippen molar-refractivity contribution in [3.63, 3.8) is 0 Å². The summed E-state index contributed by atoms with van der Waals surface area (Å²) in [4.78, 5) is 10.3. The number of aldehydes is 1. The molecule has 2 aromatic rings. The number of fused-ring (bicyclic) bond motifs is 3. The van der Waals surface area contributed by atoms with Crippen molar-refractivity contribution in [2.24, 2.45) is 0 Å². The highest BCUT2D eigenvalue weighted by molar-refractivity contribution is 5.79. The summed E-state index contributed by atoms with van der Waals surface area (Å²) in [5, 5.41) is 0. The van der Waals surface area contributed by atoms with E-state index in [4.69, 9.17) is 0 Å². The second-order valence-electron chi connectivity index (χ2n) is 4.25. The van der Waals surface area contributed by atoms with Gasteiger partial charge in [0.1, 0.15) is 6.29 Å². The van der Waals surface area contributed by atoms with E-state index < -0.39 is 0 Å². The molecule has 1 nitrogen and oxygen atoms in total. The van der Waals surface area contributed by atoms with Crippen LogP contribution in [0.3, 0.4) is 0 Å².